The number of benzene rings is 1. The molecule has 0 N–H and O–H groups in total. The van der Waals surface area contributed by atoms with Crippen molar-refractivity contribution in [2.45, 2.75) is 6.43 Å². The minimum atomic E-state index is -2.77. The van der Waals surface area contributed by atoms with Crippen molar-refractivity contribution in [1.82, 2.24) is 19.5 Å². The van der Waals surface area contributed by atoms with Crippen LogP contribution in [0.2, 0.25) is 0 Å². The third-order valence-corrected chi connectivity index (χ3v) is 4.64. The van der Waals surface area contributed by atoms with Gasteiger partial charge in [0.2, 0.25) is 0 Å². The van der Waals surface area contributed by atoms with Crippen LogP contribution in [-0.2, 0) is 4.74 Å². The molecule has 9 heteroatoms. The van der Waals surface area contributed by atoms with Crippen LogP contribution >= 0.6 is 0 Å². The molecular formula is C19H18F2N4O3. The normalized spacial score (nSPS) is 14.6. The molecule has 28 heavy (non-hydrogen) atoms. The van der Waals surface area contributed by atoms with Crippen molar-refractivity contribution in [3.8, 4) is 17.0 Å². The molecule has 146 valence electrons. The predicted octanol–water partition coefficient (Wildman–Crippen LogP) is 2.81. The number of hydrogen-bond donors (Lipinski definition) is 0. The quantitative estimate of drug-likeness (QED) is 0.688. The molecule has 1 saturated heterocycles. The van der Waals surface area contributed by atoms with Gasteiger partial charge in [-0.05, 0) is 30.3 Å². The summed E-state index contributed by atoms with van der Waals surface area (Å²) in [6.45, 7) is 1.77. The second-order valence-electron chi connectivity index (χ2n) is 6.29. The van der Waals surface area contributed by atoms with Gasteiger partial charge in [0.05, 0.1) is 32.2 Å². The van der Waals surface area contributed by atoms with E-state index in [-0.39, 0.29) is 22.8 Å². The van der Waals surface area contributed by atoms with E-state index in [0.29, 0.717) is 43.3 Å². The number of morpholine rings is 1. The molecule has 1 aliphatic rings. The van der Waals surface area contributed by atoms with Gasteiger partial charge in [-0.1, -0.05) is 0 Å². The molecule has 2 aromatic heterocycles. The molecule has 1 aliphatic heterocycles. The maximum atomic E-state index is 13.7. The van der Waals surface area contributed by atoms with Crippen LogP contribution in [0.1, 0.15) is 22.5 Å². The predicted molar refractivity (Wildman–Crippen MR) is 96.7 cm³/mol. The van der Waals surface area contributed by atoms with E-state index in [2.05, 4.69) is 10.1 Å². The Balaban J connectivity index is 1.82. The number of halogens is 2. The maximum absolute atomic E-state index is 13.7. The SMILES string of the molecule is COc1ccc(-c2cc(C(F)F)n3ncc(C(=O)N4CCOCC4)c3n2)cc1. The van der Waals surface area contributed by atoms with E-state index in [9.17, 15) is 13.6 Å². The molecule has 1 aromatic carbocycles. The van der Waals surface area contributed by atoms with Gasteiger partial charge >= 0.3 is 0 Å². The Morgan fingerprint density at radius 3 is 2.57 bits per heavy atom. The molecule has 0 unspecified atom stereocenters. The number of carbonyl (C=O) groups excluding carboxylic acids is 1. The average Bonchev–Trinajstić information content (AvgIpc) is 3.17. The van der Waals surface area contributed by atoms with Gasteiger partial charge in [0.15, 0.2) is 5.65 Å². The van der Waals surface area contributed by atoms with E-state index >= 15 is 0 Å². The number of carbonyl (C=O) groups is 1. The van der Waals surface area contributed by atoms with Crippen LogP contribution < -0.4 is 4.74 Å². The zero-order chi connectivity index (χ0) is 19.7. The summed E-state index contributed by atoms with van der Waals surface area (Å²) in [5.41, 5.74) is 0.953. The van der Waals surface area contributed by atoms with Gasteiger partial charge < -0.3 is 14.4 Å². The Kier molecular flexibility index (Phi) is 4.91. The standard InChI is InChI=1S/C19H18F2N4O3/c1-27-13-4-2-12(3-5-13)15-10-16(17(20)21)25-18(23-15)14(11-22-25)19(26)24-6-8-28-9-7-24/h2-5,10-11,17H,6-9H2,1H3. The van der Waals surface area contributed by atoms with Crippen molar-refractivity contribution in [3.63, 3.8) is 0 Å². The number of aromatic nitrogens is 3. The Bertz CT molecular complexity index is 998. The first-order valence-corrected chi connectivity index (χ1v) is 8.77. The monoisotopic (exact) mass is 388 g/mol. The van der Waals surface area contributed by atoms with Gasteiger partial charge in [-0.2, -0.15) is 5.10 Å². The molecule has 7 nitrogen and oxygen atoms in total. The molecule has 0 radical (unpaired) electrons. The molecule has 1 fully saturated rings. The van der Waals surface area contributed by atoms with Gasteiger partial charge in [0.25, 0.3) is 12.3 Å². The number of fused-ring (bicyclic) bond motifs is 1. The lowest BCUT2D eigenvalue weighted by molar-refractivity contribution is 0.0304. The molecular weight excluding hydrogens is 370 g/mol. The Hall–Kier alpha value is -3.07. The molecule has 0 bridgehead atoms. The fourth-order valence-corrected chi connectivity index (χ4v) is 3.14. The Labute approximate surface area is 159 Å². The minimum Gasteiger partial charge on any atom is -0.497 e. The van der Waals surface area contributed by atoms with Gasteiger partial charge in [-0.25, -0.2) is 18.3 Å². The fourth-order valence-electron chi connectivity index (χ4n) is 3.14. The van der Waals surface area contributed by atoms with Crippen LogP contribution in [-0.4, -0.2) is 58.8 Å². The van der Waals surface area contributed by atoms with Crippen LogP contribution in [0.3, 0.4) is 0 Å². The van der Waals surface area contributed by atoms with Gasteiger partial charge in [-0.3, -0.25) is 4.79 Å². The minimum absolute atomic E-state index is 0.111. The van der Waals surface area contributed by atoms with Crippen molar-refractivity contribution in [2.24, 2.45) is 0 Å². The number of methoxy groups -OCH3 is 1. The van der Waals surface area contributed by atoms with Crippen molar-refractivity contribution in [3.05, 3.63) is 47.8 Å². The molecule has 4 rings (SSSR count). The molecule has 0 spiro atoms. The van der Waals surface area contributed by atoms with Crippen LogP contribution in [0.25, 0.3) is 16.9 Å². The topological polar surface area (TPSA) is 69.0 Å². The number of ether oxygens (including phenoxy) is 2. The summed E-state index contributed by atoms with van der Waals surface area (Å²) in [7, 11) is 1.55. The number of nitrogens with zero attached hydrogens (tertiary/aromatic N) is 4. The van der Waals surface area contributed by atoms with Crippen molar-refractivity contribution in [2.75, 3.05) is 33.4 Å². The zero-order valence-electron chi connectivity index (χ0n) is 15.1. The fraction of sp³-hybridized carbons (Fsp3) is 0.316. The third kappa shape index (κ3) is 3.29. The molecule has 3 aromatic rings. The first-order chi connectivity index (χ1) is 13.6. The van der Waals surface area contributed by atoms with Crippen molar-refractivity contribution in [1.29, 1.82) is 0 Å². The van der Waals surface area contributed by atoms with Crippen LogP contribution in [0.5, 0.6) is 5.75 Å². The lowest BCUT2D eigenvalue weighted by Gasteiger charge is -2.26. The summed E-state index contributed by atoms with van der Waals surface area (Å²) in [6.07, 6.45) is -1.47. The second-order valence-corrected chi connectivity index (χ2v) is 6.29. The molecule has 0 saturated carbocycles. The van der Waals surface area contributed by atoms with Crippen LogP contribution in [0, 0.1) is 0 Å². The van der Waals surface area contributed by atoms with Crippen molar-refractivity contribution >= 4 is 11.6 Å². The van der Waals surface area contributed by atoms with Gasteiger partial charge in [0.1, 0.15) is 17.0 Å². The molecule has 0 atom stereocenters. The number of amides is 1. The molecule has 3 heterocycles. The highest BCUT2D eigenvalue weighted by atomic mass is 19.3. The number of rotatable bonds is 4. The van der Waals surface area contributed by atoms with Crippen LogP contribution in [0.4, 0.5) is 8.78 Å². The van der Waals surface area contributed by atoms with Gasteiger partial charge in [0, 0.05) is 18.7 Å². The maximum Gasteiger partial charge on any atom is 0.280 e. The highest BCUT2D eigenvalue weighted by molar-refractivity contribution is 6.00. The van der Waals surface area contributed by atoms with E-state index in [0.717, 1.165) is 4.52 Å². The Morgan fingerprint density at radius 1 is 1.21 bits per heavy atom. The summed E-state index contributed by atoms with van der Waals surface area (Å²) >= 11 is 0. The van der Waals surface area contributed by atoms with E-state index in [4.69, 9.17) is 9.47 Å². The highest BCUT2D eigenvalue weighted by Gasteiger charge is 2.25. The number of hydrogen-bond acceptors (Lipinski definition) is 5. The summed E-state index contributed by atoms with van der Waals surface area (Å²) < 4.78 is 38.7. The first kappa shape index (κ1) is 18.3. The summed E-state index contributed by atoms with van der Waals surface area (Å²) in [6, 6.07) is 8.19. The average molecular weight is 388 g/mol. The Morgan fingerprint density at radius 2 is 1.93 bits per heavy atom. The summed E-state index contributed by atoms with van der Waals surface area (Å²) in [4.78, 5) is 18.9. The summed E-state index contributed by atoms with van der Waals surface area (Å²) in [5.74, 6) is 0.351. The first-order valence-electron chi connectivity index (χ1n) is 8.77. The molecule has 0 aliphatic carbocycles. The van der Waals surface area contributed by atoms with E-state index in [1.807, 2.05) is 0 Å². The zero-order valence-corrected chi connectivity index (χ0v) is 15.1. The third-order valence-electron chi connectivity index (χ3n) is 4.64. The largest absolute Gasteiger partial charge is 0.497 e. The van der Waals surface area contributed by atoms with E-state index in [1.54, 1.807) is 36.3 Å². The second kappa shape index (κ2) is 7.51. The molecule has 1 amide bonds. The van der Waals surface area contributed by atoms with E-state index in [1.165, 1.54) is 12.3 Å². The summed E-state index contributed by atoms with van der Waals surface area (Å²) in [5, 5.41) is 3.99. The number of alkyl halides is 2. The lowest BCUT2D eigenvalue weighted by Crippen LogP contribution is -2.40. The van der Waals surface area contributed by atoms with Crippen molar-refractivity contribution < 1.29 is 23.0 Å². The smallest absolute Gasteiger partial charge is 0.280 e. The van der Waals surface area contributed by atoms with E-state index < -0.39 is 6.43 Å². The van der Waals surface area contributed by atoms with Gasteiger partial charge in [-0.15, -0.1) is 0 Å². The van der Waals surface area contributed by atoms with Crippen LogP contribution in [0.15, 0.2) is 36.5 Å². The lowest BCUT2D eigenvalue weighted by atomic mass is 10.1. The highest BCUT2D eigenvalue weighted by Crippen LogP contribution is 2.28.